The lowest BCUT2D eigenvalue weighted by Gasteiger charge is -2.17. The monoisotopic (exact) mass is 833 g/mol. The van der Waals surface area contributed by atoms with Crippen LogP contribution in [-0.4, -0.2) is 139 Å². The molecule has 0 heterocycles. The fourth-order valence-electron chi connectivity index (χ4n) is 5.39. The Balaban J connectivity index is 3.75. The number of amides is 4. The largest absolute Gasteiger partial charge is 0.481 e. The number of carbonyl (C=O) groups excluding carboxylic acids is 4. The quantitative estimate of drug-likeness (QED) is 0.0393. The second kappa shape index (κ2) is 35.7. The van der Waals surface area contributed by atoms with Crippen LogP contribution in [-0.2, 0) is 52.6 Å². The van der Waals surface area contributed by atoms with Crippen LogP contribution in [0.3, 0.4) is 0 Å². The number of ether oxygens (including phenoxy) is 3. The smallest absolute Gasteiger partial charge is 0.326 e. The van der Waals surface area contributed by atoms with Gasteiger partial charge in [0.15, 0.2) is 0 Å². The highest BCUT2D eigenvalue weighted by atomic mass is 16.5. The van der Waals surface area contributed by atoms with Crippen molar-refractivity contribution < 1.29 is 73.0 Å². The van der Waals surface area contributed by atoms with Crippen molar-refractivity contribution in [1.29, 1.82) is 0 Å². The average Bonchev–Trinajstić information content (AvgIpc) is 3.16. The molecule has 0 spiro atoms. The Morgan fingerprint density at radius 1 is 0.448 bits per heavy atom. The Bertz CT molecular complexity index is 1220. The van der Waals surface area contributed by atoms with E-state index in [1.54, 1.807) is 0 Å². The highest BCUT2D eigenvalue weighted by Crippen LogP contribution is 2.12. The number of carboxylic acids is 4. The summed E-state index contributed by atoms with van der Waals surface area (Å²) in [6, 6.07) is -3.94. The lowest BCUT2D eigenvalue weighted by molar-refractivity contribution is -0.143. The zero-order chi connectivity index (χ0) is 43.4. The summed E-state index contributed by atoms with van der Waals surface area (Å²) in [5.74, 6) is -6.64. The lowest BCUT2D eigenvalue weighted by Crippen LogP contribution is -2.49. The maximum absolute atomic E-state index is 12.3. The normalized spacial score (nSPS) is 12.5. The summed E-state index contributed by atoms with van der Waals surface area (Å²) in [6.45, 7) is 2.66. The molecule has 3 atom stereocenters. The number of nitrogens with one attached hydrogen (secondary N) is 4. The van der Waals surface area contributed by atoms with Gasteiger partial charge in [0.2, 0.25) is 23.6 Å². The van der Waals surface area contributed by atoms with Gasteiger partial charge in [-0.15, -0.1) is 0 Å². The van der Waals surface area contributed by atoms with E-state index in [2.05, 4.69) is 21.3 Å². The Labute approximate surface area is 340 Å². The van der Waals surface area contributed by atoms with Gasteiger partial charge >= 0.3 is 23.9 Å². The molecular formula is C38H67N5O15. The second-order valence-corrected chi connectivity index (χ2v) is 13.8. The van der Waals surface area contributed by atoms with Crippen LogP contribution in [0.1, 0.15) is 122 Å². The van der Waals surface area contributed by atoms with Crippen LogP contribution < -0.4 is 27.0 Å². The number of carbonyl (C=O) groups is 8. The van der Waals surface area contributed by atoms with Crippen molar-refractivity contribution >= 4 is 47.5 Å². The predicted molar refractivity (Wildman–Crippen MR) is 209 cm³/mol. The fraction of sp³-hybridized carbons (Fsp3) is 0.789. The van der Waals surface area contributed by atoms with E-state index >= 15 is 0 Å². The minimum Gasteiger partial charge on any atom is -0.481 e. The van der Waals surface area contributed by atoms with Crippen molar-refractivity contribution in [3.8, 4) is 0 Å². The molecule has 0 bridgehead atoms. The summed E-state index contributed by atoms with van der Waals surface area (Å²) in [7, 11) is 0. The molecule has 0 aromatic carbocycles. The van der Waals surface area contributed by atoms with Crippen molar-refractivity contribution in [2.24, 2.45) is 5.73 Å². The first kappa shape index (κ1) is 53.6. The lowest BCUT2D eigenvalue weighted by atomic mass is 10.0. The molecule has 58 heavy (non-hydrogen) atoms. The summed E-state index contributed by atoms with van der Waals surface area (Å²) < 4.78 is 16.3. The van der Waals surface area contributed by atoms with Gasteiger partial charge in [0.25, 0.3) is 0 Å². The first-order valence-electron chi connectivity index (χ1n) is 20.2. The molecule has 0 rings (SSSR count). The Morgan fingerprint density at radius 3 is 1.26 bits per heavy atom. The van der Waals surface area contributed by atoms with Crippen molar-refractivity contribution in [2.75, 3.05) is 52.7 Å². The van der Waals surface area contributed by atoms with E-state index in [1.807, 2.05) is 0 Å². The summed E-state index contributed by atoms with van der Waals surface area (Å²) >= 11 is 0. The van der Waals surface area contributed by atoms with E-state index in [9.17, 15) is 48.6 Å². The van der Waals surface area contributed by atoms with Crippen LogP contribution in [0.4, 0.5) is 0 Å². The molecule has 0 aliphatic heterocycles. The highest BCUT2D eigenvalue weighted by Gasteiger charge is 2.25. The molecule has 0 saturated heterocycles. The third kappa shape index (κ3) is 33.7. The molecule has 4 amide bonds. The van der Waals surface area contributed by atoms with Crippen molar-refractivity contribution in [3.63, 3.8) is 0 Å². The summed E-state index contributed by atoms with van der Waals surface area (Å²) in [5, 5.41) is 46.0. The van der Waals surface area contributed by atoms with Crippen LogP contribution in [0.5, 0.6) is 0 Å². The first-order chi connectivity index (χ1) is 27.7. The maximum atomic E-state index is 12.3. The number of rotatable bonds is 40. The highest BCUT2D eigenvalue weighted by molar-refractivity contribution is 5.89. The van der Waals surface area contributed by atoms with Crippen molar-refractivity contribution in [1.82, 2.24) is 21.3 Å². The van der Waals surface area contributed by atoms with E-state index in [-0.39, 0.29) is 56.9 Å². The average molecular weight is 834 g/mol. The van der Waals surface area contributed by atoms with Gasteiger partial charge < -0.3 is 61.6 Å². The zero-order valence-electron chi connectivity index (χ0n) is 33.7. The van der Waals surface area contributed by atoms with Crippen molar-refractivity contribution in [2.45, 2.75) is 140 Å². The van der Waals surface area contributed by atoms with Crippen LogP contribution in [0.15, 0.2) is 0 Å². The fourth-order valence-corrected chi connectivity index (χ4v) is 5.39. The van der Waals surface area contributed by atoms with E-state index in [4.69, 9.17) is 30.2 Å². The molecule has 10 N–H and O–H groups in total. The minimum atomic E-state index is -1.41. The molecular weight excluding hydrogens is 766 g/mol. The number of carboxylic acid groups (broad SMARTS) is 4. The SMILES string of the molecule is N[C@@H](CC(=O)O)C(=O)N[C@@H](CCC(=O)NCCCOCCOCCOCCCNC(=O)CC[C@H](NC(=O)CCCCCCCCCCCCC(=O)O)C(=O)O)C(=O)O. The van der Waals surface area contributed by atoms with E-state index < -0.39 is 60.2 Å². The van der Waals surface area contributed by atoms with Gasteiger partial charge in [0.05, 0.1) is 38.9 Å². The van der Waals surface area contributed by atoms with Crippen LogP contribution in [0, 0.1) is 0 Å². The minimum absolute atomic E-state index is 0.0196. The van der Waals surface area contributed by atoms with E-state index in [0.717, 1.165) is 57.8 Å². The van der Waals surface area contributed by atoms with Crippen LogP contribution in [0.2, 0.25) is 0 Å². The second-order valence-electron chi connectivity index (χ2n) is 13.8. The molecule has 0 unspecified atom stereocenters. The maximum Gasteiger partial charge on any atom is 0.326 e. The Hall–Kier alpha value is -4.40. The van der Waals surface area contributed by atoms with Crippen molar-refractivity contribution in [3.05, 3.63) is 0 Å². The number of aliphatic carboxylic acids is 4. The third-order valence-corrected chi connectivity index (χ3v) is 8.66. The van der Waals surface area contributed by atoms with Crippen LogP contribution in [0.25, 0.3) is 0 Å². The van der Waals surface area contributed by atoms with Gasteiger partial charge in [-0.25, -0.2) is 9.59 Å². The van der Waals surface area contributed by atoms with Gasteiger partial charge in [0, 0.05) is 52.0 Å². The summed E-state index contributed by atoms with van der Waals surface area (Å²) in [6.07, 6.45) is 9.99. The molecule has 0 saturated carbocycles. The zero-order valence-corrected chi connectivity index (χ0v) is 33.7. The standard InChI is InChI=1S/C38H67N5O15/c39-28(27-35(49)50)36(51)43-30(38(54)55)16-18-32(45)41-20-12-22-57-24-26-58-25-23-56-21-11-19-40-31(44)17-15-29(37(52)53)42-33(46)13-9-7-5-3-1-2-4-6-8-10-14-34(47)48/h28-30H,1-27,39H2,(H,40,44)(H,41,45)(H,42,46)(H,43,51)(H,47,48)(H,49,50)(H,52,53)(H,54,55)/t28-,29-,30-/m0/s1. The molecule has 0 fully saturated rings. The molecule has 0 aromatic rings. The van der Waals surface area contributed by atoms with Crippen LogP contribution >= 0.6 is 0 Å². The molecule has 0 aromatic heterocycles. The number of nitrogens with two attached hydrogens (primary N) is 1. The van der Waals surface area contributed by atoms with Gasteiger partial charge in [-0.05, 0) is 38.5 Å². The number of hydrogen-bond acceptors (Lipinski definition) is 12. The van der Waals surface area contributed by atoms with Gasteiger partial charge in [-0.3, -0.25) is 28.8 Å². The van der Waals surface area contributed by atoms with Gasteiger partial charge in [-0.2, -0.15) is 0 Å². The summed E-state index contributed by atoms with van der Waals surface area (Å²) in [5.41, 5.74) is 5.43. The molecule has 334 valence electrons. The molecule has 0 radical (unpaired) electrons. The topological polar surface area (TPSA) is 319 Å². The molecule has 20 nitrogen and oxygen atoms in total. The Kier molecular flexibility index (Phi) is 33.0. The van der Waals surface area contributed by atoms with Gasteiger partial charge in [0.1, 0.15) is 12.1 Å². The molecule has 0 aliphatic carbocycles. The Morgan fingerprint density at radius 2 is 0.845 bits per heavy atom. The third-order valence-electron chi connectivity index (χ3n) is 8.66. The van der Waals surface area contributed by atoms with Gasteiger partial charge in [-0.1, -0.05) is 51.4 Å². The number of unbranched alkanes of at least 4 members (excludes halogenated alkanes) is 9. The van der Waals surface area contributed by atoms with E-state index in [1.165, 1.54) is 0 Å². The number of hydrogen-bond donors (Lipinski definition) is 9. The van der Waals surface area contributed by atoms with E-state index in [0.29, 0.717) is 65.4 Å². The molecule has 0 aliphatic rings. The molecule has 20 heteroatoms. The predicted octanol–water partition coefficient (Wildman–Crippen LogP) is 1.32. The first-order valence-corrected chi connectivity index (χ1v) is 20.2. The summed E-state index contributed by atoms with van der Waals surface area (Å²) in [4.78, 5) is 92.5.